The lowest BCUT2D eigenvalue weighted by molar-refractivity contribution is 0.415. The Morgan fingerprint density at radius 3 is 1.85 bits per heavy atom. The molecular formula is C18H23NO. The van der Waals surface area contributed by atoms with Crippen LogP contribution in [0, 0.1) is 13.8 Å². The Hall–Kier alpha value is -1.96. The van der Waals surface area contributed by atoms with Gasteiger partial charge in [0.05, 0.1) is 7.11 Å². The Bertz CT molecular complexity index is 552. The predicted molar refractivity (Wildman–Crippen MR) is 86.2 cm³/mol. The number of hydrogen-bond acceptors (Lipinski definition) is 2. The van der Waals surface area contributed by atoms with Gasteiger partial charge in [-0.2, -0.15) is 0 Å². The smallest absolute Gasteiger partial charge is 0.119 e. The van der Waals surface area contributed by atoms with Crippen molar-refractivity contribution in [1.29, 1.82) is 0 Å². The summed E-state index contributed by atoms with van der Waals surface area (Å²) >= 11 is 0. The van der Waals surface area contributed by atoms with Gasteiger partial charge in [0, 0.05) is 17.4 Å². The van der Waals surface area contributed by atoms with Gasteiger partial charge in [0.25, 0.3) is 0 Å². The highest BCUT2D eigenvalue weighted by atomic mass is 16.5. The van der Waals surface area contributed by atoms with Gasteiger partial charge in [-0.05, 0) is 75.2 Å². The molecule has 0 atom stereocenters. The second kappa shape index (κ2) is 6.00. The fraction of sp³-hybridized carbons (Fsp3) is 0.333. The van der Waals surface area contributed by atoms with E-state index in [-0.39, 0.29) is 0 Å². The van der Waals surface area contributed by atoms with Gasteiger partial charge in [-0.15, -0.1) is 0 Å². The van der Waals surface area contributed by atoms with Crippen molar-refractivity contribution >= 4 is 11.4 Å². The Morgan fingerprint density at radius 1 is 0.850 bits per heavy atom. The van der Waals surface area contributed by atoms with Crippen molar-refractivity contribution in [2.45, 2.75) is 33.7 Å². The van der Waals surface area contributed by atoms with E-state index in [1.54, 1.807) is 7.11 Å². The summed E-state index contributed by atoms with van der Waals surface area (Å²) in [4.78, 5) is 2.35. The lowest BCUT2D eigenvalue weighted by atomic mass is 10.1. The minimum absolute atomic E-state index is 0.393. The fourth-order valence-corrected chi connectivity index (χ4v) is 2.58. The normalized spacial score (nSPS) is 10.7. The second-order valence-electron chi connectivity index (χ2n) is 5.51. The van der Waals surface area contributed by atoms with Crippen molar-refractivity contribution in [2.75, 3.05) is 12.0 Å². The van der Waals surface area contributed by atoms with Crippen LogP contribution in [0.4, 0.5) is 11.4 Å². The molecule has 0 unspecified atom stereocenters. The minimum Gasteiger partial charge on any atom is -0.497 e. The highest BCUT2D eigenvalue weighted by Gasteiger charge is 2.13. The molecule has 0 aromatic heterocycles. The number of methoxy groups -OCH3 is 1. The van der Waals surface area contributed by atoms with E-state index in [1.807, 2.05) is 12.1 Å². The summed E-state index contributed by atoms with van der Waals surface area (Å²) in [5, 5.41) is 0. The number of benzene rings is 2. The Morgan fingerprint density at radius 2 is 1.40 bits per heavy atom. The molecule has 0 aliphatic carbocycles. The molecule has 0 radical (unpaired) electrons. The molecule has 106 valence electrons. The highest BCUT2D eigenvalue weighted by Crippen LogP contribution is 2.30. The van der Waals surface area contributed by atoms with Crippen molar-refractivity contribution in [1.82, 2.24) is 0 Å². The van der Waals surface area contributed by atoms with Gasteiger partial charge in [0.15, 0.2) is 0 Å². The van der Waals surface area contributed by atoms with Crippen molar-refractivity contribution in [2.24, 2.45) is 0 Å². The van der Waals surface area contributed by atoms with Gasteiger partial charge in [0.1, 0.15) is 5.75 Å². The van der Waals surface area contributed by atoms with E-state index in [9.17, 15) is 0 Å². The monoisotopic (exact) mass is 269 g/mol. The van der Waals surface area contributed by atoms with E-state index in [4.69, 9.17) is 4.74 Å². The van der Waals surface area contributed by atoms with Crippen molar-refractivity contribution < 1.29 is 4.74 Å². The molecule has 2 aromatic carbocycles. The molecule has 2 nitrogen and oxygen atoms in total. The maximum absolute atomic E-state index is 5.23. The maximum Gasteiger partial charge on any atom is 0.119 e. The molecule has 0 bridgehead atoms. The quantitative estimate of drug-likeness (QED) is 0.786. The molecule has 0 saturated carbocycles. The SMILES string of the molecule is COc1ccc(N(c2cc(C)cc(C)c2)C(C)C)cc1. The number of nitrogens with zero attached hydrogens (tertiary/aromatic N) is 1. The van der Waals surface area contributed by atoms with Crippen molar-refractivity contribution in [3.05, 3.63) is 53.6 Å². The minimum atomic E-state index is 0.393. The van der Waals surface area contributed by atoms with E-state index >= 15 is 0 Å². The predicted octanol–water partition coefficient (Wildman–Crippen LogP) is 4.86. The van der Waals surface area contributed by atoms with Crippen molar-refractivity contribution in [3.8, 4) is 5.75 Å². The number of ether oxygens (including phenoxy) is 1. The van der Waals surface area contributed by atoms with Gasteiger partial charge < -0.3 is 9.64 Å². The summed E-state index contributed by atoms with van der Waals surface area (Å²) in [6, 6.07) is 15.3. The third-order valence-corrected chi connectivity index (χ3v) is 3.35. The third kappa shape index (κ3) is 3.13. The van der Waals surface area contributed by atoms with Crippen LogP contribution in [0.3, 0.4) is 0 Å². The van der Waals surface area contributed by atoms with Gasteiger partial charge >= 0.3 is 0 Å². The van der Waals surface area contributed by atoms with Crippen LogP contribution >= 0.6 is 0 Å². The van der Waals surface area contributed by atoms with Gasteiger partial charge in [-0.25, -0.2) is 0 Å². The molecule has 0 heterocycles. The molecule has 0 aliphatic heterocycles. The van der Waals surface area contributed by atoms with Crippen LogP contribution in [0.15, 0.2) is 42.5 Å². The molecule has 20 heavy (non-hydrogen) atoms. The number of aryl methyl sites for hydroxylation is 2. The van der Waals surface area contributed by atoms with Crippen molar-refractivity contribution in [3.63, 3.8) is 0 Å². The first-order chi connectivity index (χ1) is 9.51. The fourth-order valence-electron chi connectivity index (χ4n) is 2.58. The van der Waals surface area contributed by atoms with E-state index in [0.29, 0.717) is 6.04 Å². The van der Waals surface area contributed by atoms with Crippen LogP contribution < -0.4 is 9.64 Å². The number of anilines is 2. The van der Waals surface area contributed by atoms with Crippen LogP contribution in [-0.2, 0) is 0 Å². The zero-order chi connectivity index (χ0) is 14.7. The summed E-state index contributed by atoms with van der Waals surface area (Å²) in [6.07, 6.45) is 0. The Labute approximate surface area is 122 Å². The van der Waals surface area contributed by atoms with Crippen LogP contribution in [0.2, 0.25) is 0 Å². The lowest BCUT2D eigenvalue weighted by Gasteiger charge is -2.30. The standard InChI is InChI=1S/C18H23NO/c1-13(2)19(16-6-8-18(20-5)9-7-16)17-11-14(3)10-15(4)12-17/h6-13H,1-5H3. The summed E-state index contributed by atoms with van der Waals surface area (Å²) in [6.45, 7) is 8.70. The Balaban J connectivity index is 2.44. The summed E-state index contributed by atoms with van der Waals surface area (Å²) in [5.41, 5.74) is 5.01. The summed E-state index contributed by atoms with van der Waals surface area (Å²) in [5.74, 6) is 0.887. The van der Waals surface area contributed by atoms with E-state index in [2.05, 4.69) is 62.9 Å². The highest BCUT2D eigenvalue weighted by molar-refractivity contribution is 5.66. The van der Waals surface area contributed by atoms with Gasteiger partial charge in [-0.1, -0.05) is 6.07 Å². The third-order valence-electron chi connectivity index (χ3n) is 3.35. The molecule has 0 aliphatic rings. The molecule has 2 heteroatoms. The molecule has 2 aromatic rings. The lowest BCUT2D eigenvalue weighted by Crippen LogP contribution is -2.25. The van der Waals surface area contributed by atoms with Gasteiger partial charge in [0.2, 0.25) is 0 Å². The summed E-state index contributed by atoms with van der Waals surface area (Å²) < 4.78 is 5.23. The molecule has 0 saturated heterocycles. The topological polar surface area (TPSA) is 12.5 Å². The molecule has 0 N–H and O–H groups in total. The first kappa shape index (κ1) is 14.4. The molecule has 0 fully saturated rings. The first-order valence-electron chi connectivity index (χ1n) is 7.03. The van der Waals surface area contributed by atoms with Crippen LogP contribution in [0.1, 0.15) is 25.0 Å². The largest absolute Gasteiger partial charge is 0.497 e. The zero-order valence-corrected chi connectivity index (χ0v) is 13.0. The van der Waals surface area contributed by atoms with E-state index < -0.39 is 0 Å². The second-order valence-corrected chi connectivity index (χ2v) is 5.51. The van der Waals surface area contributed by atoms with Crippen LogP contribution in [0.25, 0.3) is 0 Å². The molecule has 0 amide bonds. The average Bonchev–Trinajstić information content (AvgIpc) is 2.38. The first-order valence-corrected chi connectivity index (χ1v) is 7.03. The number of rotatable bonds is 4. The number of hydrogen-bond donors (Lipinski definition) is 0. The molecular weight excluding hydrogens is 246 g/mol. The average molecular weight is 269 g/mol. The molecule has 2 rings (SSSR count). The van der Waals surface area contributed by atoms with Gasteiger partial charge in [-0.3, -0.25) is 0 Å². The van der Waals surface area contributed by atoms with E-state index in [0.717, 1.165) is 5.75 Å². The van der Waals surface area contributed by atoms with Crippen LogP contribution in [0.5, 0.6) is 5.75 Å². The molecule has 0 spiro atoms. The maximum atomic E-state index is 5.23. The zero-order valence-electron chi connectivity index (χ0n) is 13.0. The summed E-state index contributed by atoms with van der Waals surface area (Å²) in [7, 11) is 1.69. The van der Waals surface area contributed by atoms with E-state index in [1.165, 1.54) is 22.5 Å². The Kier molecular flexibility index (Phi) is 4.33. The van der Waals surface area contributed by atoms with Crippen LogP contribution in [-0.4, -0.2) is 13.2 Å².